The highest BCUT2D eigenvalue weighted by atomic mass is 32.2. The highest BCUT2D eigenvalue weighted by Gasteiger charge is 2.10. The molecule has 1 aromatic carbocycles. The number of hydrogen-bond acceptors (Lipinski definition) is 4. The van der Waals surface area contributed by atoms with Gasteiger partial charge in [0.05, 0.1) is 23.7 Å². The van der Waals surface area contributed by atoms with Crippen molar-refractivity contribution < 1.29 is 27.1 Å². The molecule has 0 saturated heterocycles. The van der Waals surface area contributed by atoms with Crippen LogP contribution in [0.3, 0.4) is 0 Å². The Balaban J connectivity index is 2.35. The Hall–Kier alpha value is -1.51. The van der Waals surface area contributed by atoms with E-state index in [-0.39, 0.29) is 18.9 Å². The molecule has 2 N–H and O–H groups in total. The number of quaternary nitrogens is 1. The van der Waals surface area contributed by atoms with Gasteiger partial charge in [0.2, 0.25) is 0 Å². The first-order chi connectivity index (χ1) is 9.26. The number of anilines is 1. The molecule has 112 valence electrons. The van der Waals surface area contributed by atoms with Crippen molar-refractivity contribution in [1.82, 2.24) is 0 Å². The van der Waals surface area contributed by atoms with Crippen molar-refractivity contribution in [3.8, 4) is 0 Å². The largest absolute Gasteiger partial charge is 0.748 e. The maximum Gasteiger partial charge on any atom is 0.279 e. The number of rotatable bonds is 7. The van der Waals surface area contributed by atoms with E-state index in [1.807, 2.05) is 0 Å². The Morgan fingerprint density at radius 1 is 1.45 bits per heavy atom. The van der Waals surface area contributed by atoms with Gasteiger partial charge in [-0.05, 0) is 18.2 Å². The molecule has 0 bridgehead atoms. The van der Waals surface area contributed by atoms with Crippen LogP contribution in [0.4, 0.5) is 10.1 Å². The third-order valence-electron chi connectivity index (χ3n) is 2.57. The van der Waals surface area contributed by atoms with Crippen molar-refractivity contribution in [1.29, 1.82) is 0 Å². The zero-order valence-corrected chi connectivity index (χ0v) is 11.9. The number of halogens is 1. The van der Waals surface area contributed by atoms with Crippen molar-refractivity contribution in [2.45, 2.75) is 6.42 Å². The number of benzene rings is 1. The third kappa shape index (κ3) is 7.17. The molecule has 6 nitrogen and oxygen atoms in total. The minimum absolute atomic E-state index is 0.107. The molecule has 1 atom stereocenters. The summed E-state index contributed by atoms with van der Waals surface area (Å²) >= 11 is 0. The summed E-state index contributed by atoms with van der Waals surface area (Å²) < 4.78 is 44.2. The topological polar surface area (TPSA) is 90.7 Å². The van der Waals surface area contributed by atoms with Gasteiger partial charge >= 0.3 is 0 Å². The fourth-order valence-corrected chi connectivity index (χ4v) is 2.18. The highest BCUT2D eigenvalue weighted by molar-refractivity contribution is 7.85. The van der Waals surface area contributed by atoms with Crippen LogP contribution in [0.25, 0.3) is 0 Å². The third-order valence-corrected chi connectivity index (χ3v) is 3.36. The van der Waals surface area contributed by atoms with E-state index in [0.717, 1.165) is 4.90 Å². The van der Waals surface area contributed by atoms with Crippen LogP contribution in [0.5, 0.6) is 0 Å². The van der Waals surface area contributed by atoms with Gasteiger partial charge in [-0.1, -0.05) is 6.07 Å². The number of nitrogens with one attached hydrogen (secondary N) is 2. The van der Waals surface area contributed by atoms with Crippen LogP contribution in [0.1, 0.15) is 6.42 Å². The zero-order chi connectivity index (χ0) is 15.2. The summed E-state index contributed by atoms with van der Waals surface area (Å²) in [6, 6.07) is 5.54. The van der Waals surface area contributed by atoms with Crippen molar-refractivity contribution in [2.75, 3.05) is 31.2 Å². The lowest BCUT2D eigenvalue weighted by Crippen LogP contribution is -3.10. The van der Waals surface area contributed by atoms with Crippen LogP contribution in [0.15, 0.2) is 24.3 Å². The molecule has 8 heteroatoms. The number of carbonyl (C=O) groups is 1. The minimum atomic E-state index is -4.21. The lowest BCUT2D eigenvalue weighted by atomic mass is 10.3. The van der Waals surface area contributed by atoms with E-state index >= 15 is 0 Å². The Kier molecular flexibility index (Phi) is 6.05. The summed E-state index contributed by atoms with van der Waals surface area (Å²) in [6.45, 7) is 0.494. The molecule has 0 radical (unpaired) electrons. The highest BCUT2D eigenvalue weighted by Crippen LogP contribution is 2.08. The number of carbonyl (C=O) groups excluding carboxylic acids is 1. The first-order valence-corrected chi connectivity index (χ1v) is 7.64. The molecule has 0 saturated carbocycles. The van der Waals surface area contributed by atoms with Gasteiger partial charge in [0.15, 0.2) is 6.54 Å². The molecule has 0 heterocycles. The van der Waals surface area contributed by atoms with Gasteiger partial charge in [0, 0.05) is 17.9 Å². The van der Waals surface area contributed by atoms with Gasteiger partial charge in [0.25, 0.3) is 5.91 Å². The standard InChI is InChI=1S/C12H17FN2O4S/c1-15(6-3-7-20(17,18)19)9-12(16)14-11-5-2-4-10(13)8-11/h2,4-5,8H,3,6-7,9H2,1H3,(H,14,16)(H,17,18,19). The molecule has 1 rings (SSSR count). The van der Waals surface area contributed by atoms with E-state index < -0.39 is 21.7 Å². The lowest BCUT2D eigenvalue weighted by molar-refractivity contribution is -0.870. The number of hydrogen-bond donors (Lipinski definition) is 2. The van der Waals surface area contributed by atoms with Crippen molar-refractivity contribution in [3.05, 3.63) is 30.1 Å². The Bertz CT molecular complexity index is 562. The summed E-state index contributed by atoms with van der Waals surface area (Å²) in [5, 5.41) is 2.54. The van der Waals surface area contributed by atoms with E-state index in [2.05, 4.69) is 5.32 Å². The molecule has 0 aromatic heterocycles. The second-order valence-corrected chi connectivity index (χ2v) is 6.08. The van der Waals surface area contributed by atoms with E-state index in [1.165, 1.54) is 18.2 Å². The summed E-state index contributed by atoms with van der Waals surface area (Å²) in [5.41, 5.74) is 0.366. The van der Waals surface area contributed by atoms with Crippen LogP contribution >= 0.6 is 0 Å². The van der Waals surface area contributed by atoms with Crippen molar-refractivity contribution in [2.24, 2.45) is 0 Å². The zero-order valence-electron chi connectivity index (χ0n) is 11.1. The first kappa shape index (κ1) is 16.5. The maximum absolute atomic E-state index is 12.9. The number of amides is 1. The normalized spacial score (nSPS) is 12.9. The predicted octanol–water partition coefficient (Wildman–Crippen LogP) is -0.786. The van der Waals surface area contributed by atoms with Crippen LogP contribution in [-0.2, 0) is 14.9 Å². The van der Waals surface area contributed by atoms with Gasteiger partial charge in [-0.3, -0.25) is 4.79 Å². The smallest absolute Gasteiger partial charge is 0.279 e. The number of likely N-dealkylation sites (N-methyl/N-ethyl adjacent to an activating group) is 1. The van der Waals surface area contributed by atoms with Crippen molar-refractivity contribution >= 4 is 21.7 Å². The van der Waals surface area contributed by atoms with Crippen LogP contribution in [-0.4, -0.2) is 44.8 Å². The first-order valence-electron chi connectivity index (χ1n) is 6.06. The average molecular weight is 304 g/mol. The van der Waals surface area contributed by atoms with E-state index in [4.69, 9.17) is 0 Å². The quantitative estimate of drug-likeness (QED) is 0.646. The lowest BCUT2D eigenvalue weighted by Gasteiger charge is -2.14. The molecule has 0 aliphatic heterocycles. The fraction of sp³-hybridized carbons (Fsp3) is 0.417. The summed E-state index contributed by atoms with van der Waals surface area (Å²) in [5.74, 6) is -1.18. The Labute approximate surface area is 117 Å². The summed E-state index contributed by atoms with van der Waals surface area (Å²) in [4.78, 5) is 12.4. The average Bonchev–Trinajstić information content (AvgIpc) is 2.26. The van der Waals surface area contributed by atoms with Crippen LogP contribution < -0.4 is 10.2 Å². The molecule has 1 aromatic rings. The van der Waals surface area contributed by atoms with Gasteiger partial charge in [-0.15, -0.1) is 0 Å². The molecule has 1 unspecified atom stereocenters. The molecular weight excluding hydrogens is 287 g/mol. The molecule has 0 aliphatic rings. The van der Waals surface area contributed by atoms with Gasteiger partial charge < -0.3 is 14.8 Å². The van der Waals surface area contributed by atoms with E-state index in [0.29, 0.717) is 12.2 Å². The Morgan fingerprint density at radius 2 is 2.15 bits per heavy atom. The molecule has 0 fully saturated rings. The van der Waals surface area contributed by atoms with Gasteiger partial charge in [0.1, 0.15) is 5.82 Å². The van der Waals surface area contributed by atoms with E-state index in [1.54, 1.807) is 13.1 Å². The SMILES string of the molecule is C[NH+](CCCS(=O)(=O)[O-])CC(=O)Nc1cccc(F)c1. The fourth-order valence-electron chi connectivity index (χ4n) is 1.68. The van der Waals surface area contributed by atoms with Crippen molar-refractivity contribution in [3.63, 3.8) is 0 Å². The molecule has 0 spiro atoms. The van der Waals surface area contributed by atoms with Crippen LogP contribution in [0, 0.1) is 5.82 Å². The predicted molar refractivity (Wildman–Crippen MR) is 70.8 cm³/mol. The molecule has 20 heavy (non-hydrogen) atoms. The minimum Gasteiger partial charge on any atom is -0.748 e. The summed E-state index contributed by atoms with van der Waals surface area (Å²) in [7, 11) is -2.50. The second-order valence-electron chi connectivity index (χ2n) is 4.56. The van der Waals surface area contributed by atoms with Gasteiger partial charge in [-0.25, -0.2) is 12.8 Å². The molecular formula is C12H17FN2O4S. The van der Waals surface area contributed by atoms with Gasteiger partial charge in [-0.2, -0.15) is 0 Å². The Morgan fingerprint density at radius 3 is 2.75 bits per heavy atom. The molecule has 0 aliphatic carbocycles. The van der Waals surface area contributed by atoms with E-state index in [9.17, 15) is 22.2 Å². The maximum atomic E-state index is 12.9. The monoisotopic (exact) mass is 304 g/mol. The summed E-state index contributed by atoms with van der Waals surface area (Å²) in [6.07, 6.45) is 0.199. The second kappa shape index (κ2) is 7.32. The molecule has 1 amide bonds. The van der Waals surface area contributed by atoms with Crippen LogP contribution in [0.2, 0.25) is 0 Å².